The number of aromatic amines is 1. The summed E-state index contributed by atoms with van der Waals surface area (Å²) in [6, 6.07) is -3.23. The number of benzene rings is 1. The van der Waals surface area contributed by atoms with Gasteiger partial charge in [-0.3, -0.25) is 62.6 Å². The Hall–Kier alpha value is -7.89. The van der Waals surface area contributed by atoms with Crippen molar-refractivity contribution in [3.63, 3.8) is 0 Å². The summed E-state index contributed by atoms with van der Waals surface area (Å²) in [5.74, 6) is -22.1. The van der Waals surface area contributed by atoms with E-state index in [1.807, 2.05) is 0 Å². The van der Waals surface area contributed by atoms with Crippen molar-refractivity contribution in [3.05, 3.63) is 40.2 Å². The topological polar surface area (TPSA) is 505 Å². The van der Waals surface area contributed by atoms with Crippen molar-refractivity contribution in [1.82, 2.24) is 14.9 Å². The Labute approximate surface area is 389 Å². The number of fused-ring (bicyclic) bond motifs is 1. The average molecular weight is 976 g/mol. The second-order valence-corrected chi connectivity index (χ2v) is 15.8. The molecular weight excluding hydrogens is 922 g/mol. The van der Waals surface area contributed by atoms with Crippen LogP contribution >= 0.6 is 0 Å². The number of aliphatic carboxylic acids is 5. The van der Waals surface area contributed by atoms with Gasteiger partial charge < -0.3 is 74.5 Å². The van der Waals surface area contributed by atoms with E-state index in [-0.39, 0.29) is 41.1 Å². The molecule has 376 valence electrons. The van der Waals surface area contributed by atoms with Gasteiger partial charge in [0, 0.05) is 57.1 Å². The summed E-state index contributed by atoms with van der Waals surface area (Å²) in [7, 11) is 1.62. The van der Waals surface area contributed by atoms with Crippen molar-refractivity contribution in [2.24, 2.45) is 28.9 Å². The summed E-state index contributed by atoms with van der Waals surface area (Å²) in [5.41, 5.74) is 23.3. The number of nitrogen functional groups attached to an aromatic ring is 1. The molecule has 2 aromatic rings. The molecule has 0 saturated heterocycles. The first kappa shape index (κ1) is 55.4. The van der Waals surface area contributed by atoms with E-state index in [4.69, 9.17) is 33.4 Å². The number of H-pyrrole nitrogens is 1. The molecule has 0 radical (unpaired) electrons. The van der Waals surface area contributed by atoms with Crippen LogP contribution in [0.3, 0.4) is 0 Å². The van der Waals surface area contributed by atoms with Crippen LogP contribution < -0.4 is 49.8 Å². The second kappa shape index (κ2) is 24.2. The molecule has 7 unspecified atom stereocenters. The zero-order valence-corrected chi connectivity index (χ0v) is 36.8. The summed E-state index contributed by atoms with van der Waals surface area (Å²) in [5, 5.41) is 53.9. The van der Waals surface area contributed by atoms with Gasteiger partial charge in [0.05, 0.1) is 18.4 Å². The average Bonchev–Trinajstić information content (AvgIpc) is 3.28. The molecule has 29 nitrogen and oxygen atoms in total. The van der Waals surface area contributed by atoms with Crippen LogP contribution in [-0.4, -0.2) is 161 Å². The van der Waals surface area contributed by atoms with Crippen molar-refractivity contribution in [2.75, 3.05) is 41.4 Å². The van der Waals surface area contributed by atoms with E-state index in [9.17, 15) is 78.3 Å². The van der Waals surface area contributed by atoms with Crippen LogP contribution in [0.4, 0.5) is 23.1 Å². The fraction of sp³-hybridized carbons (Fsp3) is 0.475. The third kappa shape index (κ3) is 14.1. The lowest BCUT2D eigenvalue weighted by Crippen LogP contribution is -2.70. The van der Waals surface area contributed by atoms with Crippen LogP contribution in [-0.2, 0) is 52.7 Å². The third-order valence-electron chi connectivity index (χ3n) is 11.0. The van der Waals surface area contributed by atoms with Crippen molar-refractivity contribution in [3.8, 4) is 0 Å². The Morgan fingerprint density at radius 1 is 0.797 bits per heavy atom. The largest absolute Gasteiger partial charge is 0.481 e. The number of carboxylic acids is 5. The van der Waals surface area contributed by atoms with E-state index >= 15 is 4.79 Å². The number of aromatic nitrogens is 2. The Morgan fingerprint density at radius 3 is 1.83 bits per heavy atom. The number of esters is 2. The minimum absolute atomic E-state index is 0.117. The van der Waals surface area contributed by atoms with E-state index in [1.54, 1.807) is 11.9 Å². The van der Waals surface area contributed by atoms with Gasteiger partial charge >= 0.3 is 41.8 Å². The fourth-order valence-corrected chi connectivity index (χ4v) is 7.07. The zero-order valence-electron chi connectivity index (χ0n) is 36.8. The highest BCUT2D eigenvalue weighted by Crippen LogP contribution is 2.38. The van der Waals surface area contributed by atoms with Gasteiger partial charge in [-0.25, -0.2) is 4.79 Å². The first-order chi connectivity index (χ1) is 32.2. The summed E-state index contributed by atoms with van der Waals surface area (Å²) in [6.45, 7) is 0.370. The minimum Gasteiger partial charge on any atom is -0.481 e. The minimum atomic E-state index is -3.95. The third-order valence-corrected chi connectivity index (χ3v) is 11.0. The Bertz CT molecular complexity index is 2400. The number of ketones is 2. The molecular formula is C40H53N11O18. The van der Waals surface area contributed by atoms with Crippen LogP contribution in [0.2, 0.25) is 0 Å². The Kier molecular flexibility index (Phi) is 19.5. The molecule has 1 aromatic carbocycles. The van der Waals surface area contributed by atoms with Gasteiger partial charge in [-0.05, 0) is 49.9 Å². The molecule has 7 atom stereocenters. The number of carbonyl (C=O) groups is 11. The van der Waals surface area contributed by atoms with E-state index in [0.29, 0.717) is 0 Å². The van der Waals surface area contributed by atoms with Crippen LogP contribution in [0.15, 0.2) is 29.1 Å². The van der Waals surface area contributed by atoms with Gasteiger partial charge in [0.2, 0.25) is 17.4 Å². The number of carbonyl (C=O) groups excluding carboxylic acids is 6. The summed E-state index contributed by atoms with van der Waals surface area (Å²) in [4.78, 5) is 167. The van der Waals surface area contributed by atoms with Gasteiger partial charge in [0.25, 0.3) is 11.5 Å². The zero-order chi connectivity index (χ0) is 52.1. The van der Waals surface area contributed by atoms with Crippen LogP contribution in [0.1, 0.15) is 68.1 Å². The number of likely N-dealkylation sites (N-methyl/N-ethyl adjacent to an activating group) is 1. The number of nitrogens with two attached hydrogens (primary N) is 5. The number of hydrogen-bond donors (Lipinski definition) is 13. The molecule has 0 saturated carbocycles. The van der Waals surface area contributed by atoms with Crippen LogP contribution in [0.25, 0.3) is 0 Å². The number of Topliss-reactive ketones (excluding diaryl/α,β-unsaturated/α-hetero) is 2. The van der Waals surface area contributed by atoms with E-state index in [1.165, 1.54) is 12.1 Å². The predicted molar refractivity (Wildman–Crippen MR) is 235 cm³/mol. The lowest BCUT2D eigenvalue weighted by atomic mass is 9.71. The smallest absolute Gasteiger partial charge is 0.348 e. The SMILES string of the molecule is CN1c2c(nc(N)[nH]c2=O)NCC1CNc1ccc(C(=O)N(C(=O)CCC(N)C(=O)O)C(C(=O)CCC(N)C(=O)O)(C(=O)OC(=O)CCC(N)C(=O)O)C(CC(=O)O)C(=O)CCC(N)C(=O)O)cc1. The van der Waals surface area contributed by atoms with Crippen molar-refractivity contribution in [1.29, 1.82) is 0 Å². The number of nitrogens with zero attached hydrogens (tertiary/aromatic N) is 3. The number of amides is 2. The summed E-state index contributed by atoms with van der Waals surface area (Å²) < 4.78 is 4.96. The number of rotatable bonds is 27. The second-order valence-electron chi connectivity index (χ2n) is 15.8. The lowest BCUT2D eigenvalue weighted by Gasteiger charge is -2.43. The highest BCUT2D eigenvalue weighted by molar-refractivity contribution is 6.22. The molecule has 2 amide bonds. The number of nitrogens with one attached hydrogen (secondary N) is 3. The quantitative estimate of drug-likeness (QED) is 0.0305. The van der Waals surface area contributed by atoms with Gasteiger partial charge in [-0.1, -0.05) is 0 Å². The maximum absolute atomic E-state index is 15.0. The standard InChI is InChI=1S/C40H53N11O18/c1-50-19(16-47-31-30(50)32(58)49-39(45)48-31)15-46-18-4-2-17(3-5-18)33(59)51(27(54)12-8-23(43)36(64)65)40(26(53)11-7-22(42)35(62)63,38(68)69-29(57)13-9-24(44)37(66)67)20(14-28(55)56)25(52)10-6-21(41)34(60)61/h2-5,19-24,46H,6-16,41-44H2,1H3,(H,55,56)(H,60,61)(H,62,63)(H,64,65)(H,66,67)(H4,45,47,48,49,58). The molecule has 0 spiro atoms. The number of anilines is 4. The molecule has 1 aliphatic rings. The van der Waals surface area contributed by atoms with Gasteiger partial charge in [-0.2, -0.15) is 4.98 Å². The van der Waals surface area contributed by atoms with E-state index in [0.717, 1.165) is 12.1 Å². The molecule has 69 heavy (non-hydrogen) atoms. The number of imide groups is 1. The fourth-order valence-electron chi connectivity index (χ4n) is 7.07. The van der Waals surface area contributed by atoms with Crippen LogP contribution in [0.5, 0.6) is 0 Å². The molecule has 1 aromatic heterocycles. The van der Waals surface area contributed by atoms with E-state index < -0.39 is 176 Å². The Balaban J connectivity index is 2.32. The first-order valence-corrected chi connectivity index (χ1v) is 20.8. The number of carboxylic acid groups (broad SMARTS) is 5. The van der Waals surface area contributed by atoms with Crippen LogP contribution in [0, 0.1) is 5.92 Å². The van der Waals surface area contributed by atoms with Crippen molar-refractivity contribution < 1.29 is 83.0 Å². The van der Waals surface area contributed by atoms with Crippen molar-refractivity contribution in [2.45, 2.75) is 93.5 Å². The molecule has 0 bridgehead atoms. The highest BCUT2D eigenvalue weighted by atomic mass is 16.6. The van der Waals surface area contributed by atoms with Crippen molar-refractivity contribution >= 4 is 88.3 Å². The predicted octanol–water partition coefficient (Wildman–Crippen LogP) is -3.53. The molecule has 3 rings (SSSR count). The molecule has 0 fully saturated rings. The van der Waals surface area contributed by atoms with Gasteiger partial charge in [0.1, 0.15) is 35.6 Å². The van der Waals surface area contributed by atoms with E-state index in [2.05, 4.69) is 20.6 Å². The normalized spacial score (nSPS) is 16.1. The van der Waals surface area contributed by atoms with Gasteiger partial charge in [0.15, 0.2) is 11.6 Å². The maximum Gasteiger partial charge on any atom is 0.348 e. The summed E-state index contributed by atoms with van der Waals surface area (Å²) >= 11 is 0. The first-order valence-electron chi connectivity index (χ1n) is 20.8. The molecule has 18 N–H and O–H groups in total. The van der Waals surface area contributed by atoms with Gasteiger partial charge in [-0.15, -0.1) is 0 Å². The molecule has 29 heteroatoms. The summed E-state index contributed by atoms with van der Waals surface area (Å²) in [6.07, 6.45) is -9.56. The monoisotopic (exact) mass is 975 g/mol. The maximum atomic E-state index is 15.0. The molecule has 1 aliphatic heterocycles. The Morgan fingerprint density at radius 2 is 1.30 bits per heavy atom. The number of hydrogen-bond acceptors (Lipinski definition) is 22. The lowest BCUT2D eigenvalue weighted by molar-refractivity contribution is -0.178. The molecule has 0 aliphatic carbocycles. The number of ether oxygens (including phenoxy) is 1. The molecule has 2 heterocycles. The highest BCUT2D eigenvalue weighted by Gasteiger charge is 2.63.